The van der Waals surface area contributed by atoms with Gasteiger partial charge in [0.2, 0.25) is 10.0 Å². The summed E-state index contributed by atoms with van der Waals surface area (Å²) in [5.74, 6) is 7.12. The Balaban J connectivity index is 1.10. The van der Waals surface area contributed by atoms with Gasteiger partial charge >= 0.3 is 0 Å². The van der Waals surface area contributed by atoms with E-state index in [2.05, 4.69) is 56.6 Å². The third-order valence-electron chi connectivity index (χ3n) is 7.19. The van der Waals surface area contributed by atoms with Gasteiger partial charge in [0, 0.05) is 61.2 Å². The fourth-order valence-electron chi connectivity index (χ4n) is 5.01. The van der Waals surface area contributed by atoms with Crippen molar-refractivity contribution in [3.8, 4) is 34.4 Å². The van der Waals surface area contributed by atoms with Gasteiger partial charge in [-0.3, -0.25) is 10.00 Å². The highest BCUT2D eigenvalue weighted by Crippen LogP contribution is 2.41. The van der Waals surface area contributed by atoms with E-state index in [1.165, 1.54) is 41.4 Å². The Hall–Kier alpha value is -2.48. The lowest BCUT2D eigenvalue weighted by atomic mass is 10.0. The number of sulfonamides is 1. The number of aromatic nitrogens is 2. The van der Waals surface area contributed by atoms with Crippen molar-refractivity contribution in [3.63, 3.8) is 0 Å². The molecule has 2 aromatic heterocycles. The third-order valence-corrected chi connectivity index (χ3v) is 9.34. The van der Waals surface area contributed by atoms with Gasteiger partial charge in [-0.05, 0) is 36.0 Å². The Labute approximate surface area is 216 Å². The molecule has 0 bridgehead atoms. The van der Waals surface area contributed by atoms with Crippen LogP contribution in [0.3, 0.4) is 0 Å². The molecule has 3 heterocycles. The van der Waals surface area contributed by atoms with E-state index in [0.717, 1.165) is 60.4 Å². The second kappa shape index (κ2) is 9.77. The maximum absolute atomic E-state index is 11.8. The van der Waals surface area contributed by atoms with Crippen LogP contribution < -0.4 is 0 Å². The zero-order chi connectivity index (χ0) is 24.7. The predicted octanol–water partition coefficient (Wildman–Crippen LogP) is 3.56. The zero-order valence-electron chi connectivity index (χ0n) is 20.4. The van der Waals surface area contributed by atoms with Crippen LogP contribution in [0.2, 0.25) is 0 Å². The van der Waals surface area contributed by atoms with Gasteiger partial charge in [0.05, 0.1) is 29.1 Å². The van der Waals surface area contributed by atoms with E-state index in [9.17, 15) is 8.42 Å². The van der Waals surface area contributed by atoms with Crippen molar-refractivity contribution in [3.05, 3.63) is 51.2 Å². The Morgan fingerprint density at radius 3 is 2.81 bits per heavy atom. The summed E-state index contributed by atoms with van der Waals surface area (Å²) in [4.78, 5) is 3.36. The number of hydrogen-bond donors (Lipinski definition) is 1. The molecule has 1 saturated heterocycles. The average Bonchev–Trinajstić information content (AvgIpc) is 3.23. The van der Waals surface area contributed by atoms with E-state index in [-0.39, 0.29) is 0 Å². The second-order valence-corrected chi connectivity index (χ2v) is 12.9. The number of H-pyrrole nitrogens is 1. The van der Waals surface area contributed by atoms with Crippen LogP contribution in [0.5, 0.6) is 0 Å². The fourth-order valence-corrected chi connectivity index (χ4v) is 6.60. The van der Waals surface area contributed by atoms with Gasteiger partial charge in [0.15, 0.2) is 0 Å². The molecule has 1 aliphatic heterocycles. The number of nitrogens with zero attached hydrogens (tertiary/aromatic N) is 3. The molecule has 1 saturated carbocycles. The zero-order valence-corrected chi connectivity index (χ0v) is 22.1. The first-order chi connectivity index (χ1) is 17.4. The molecule has 9 heteroatoms. The van der Waals surface area contributed by atoms with Gasteiger partial charge in [-0.2, -0.15) is 9.40 Å². The third kappa shape index (κ3) is 5.15. The van der Waals surface area contributed by atoms with Crippen molar-refractivity contribution in [2.75, 3.05) is 45.6 Å². The number of ether oxygens (including phenoxy) is 1. The van der Waals surface area contributed by atoms with Crippen LogP contribution in [0.15, 0.2) is 29.6 Å². The fraction of sp³-hybridized carbons (Fsp3) is 0.444. The Bertz CT molecular complexity index is 1430. The summed E-state index contributed by atoms with van der Waals surface area (Å²) in [6.07, 6.45) is 4.74. The molecule has 36 heavy (non-hydrogen) atoms. The average molecular weight is 523 g/mol. The van der Waals surface area contributed by atoms with Crippen LogP contribution in [-0.2, 0) is 27.7 Å². The summed E-state index contributed by atoms with van der Waals surface area (Å²) < 4.78 is 30.7. The van der Waals surface area contributed by atoms with Crippen molar-refractivity contribution in [2.45, 2.75) is 25.8 Å². The molecule has 0 spiro atoms. The number of thiophene rings is 1. The lowest BCUT2D eigenvalue weighted by Gasteiger charge is -2.33. The highest BCUT2D eigenvalue weighted by molar-refractivity contribution is 7.88. The quantitative estimate of drug-likeness (QED) is 0.297. The van der Waals surface area contributed by atoms with E-state index in [1.807, 2.05) is 0 Å². The smallest absolute Gasteiger partial charge is 0.211 e. The molecule has 3 aliphatic rings. The first-order valence-corrected chi connectivity index (χ1v) is 15.2. The molecule has 1 N–H and O–H groups in total. The topological polar surface area (TPSA) is 78.5 Å². The van der Waals surface area contributed by atoms with Crippen LogP contribution in [0.25, 0.3) is 22.5 Å². The maximum atomic E-state index is 11.8. The van der Waals surface area contributed by atoms with E-state index in [1.54, 1.807) is 15.6 Å². The number of piperazine rings is 1. The minimum Gasteiger partial charge on any atom is -0.368 e. The monoisotopic (exact) mass is 522 g/mol. The Kier molecular flexibility index (Phi) is 6.48. The second-order valence-electron chi connectivity index (χ2n) is 9.99. The highest BCUT2D eigenvalue weighted by Gasteiger charge is 2.27. The van der Waals surface area contributed by atoms with Crippen LogP contribution in [0.4, 0.5) is 0 Å². The van der Waals surface area contributed by atoms with E-state index < -0.39 is 10.0 Å². The molecule has 0 unspecified atom stereocenters. The van der Waals surface area contributed by atoms with Crippen LogP contribution in [0.1, 0.15) is 34.4 Å². The number of nitrogens with one attached hydrogen (secondary N) is 1. The summed E-state index contributed by atoms with van der Waals surface area (Å²) >= 11 is 1.65. The Morgan fingerprint density at radius 2 is 2.03 bits per heavy atom. The van der Waals surface area contributed by atoms with Crippen molar-refractivity contribution in [1.29, 1.82) is 0 Å². The van der Waals surface area contributed by atoms with E-state index >= 15 is 0 Å². The molecule has 6 rings (SSSR count). The normalized spacial score (nSPS) is 18.0. The van der Waals surface area contributed by atoms with Gasteiger partial charge in [-0.25, -0.2) is 8.42 Å². The molecule has 0 atom stereocenters. The summed E-state index contributed by atoms with van der Waals surface area (Å²) in [7, 11) is -3.10. The largest absolute Gasteiger partial charge is 0.368 e. The maximum Gasteiger partial charge on any atom is 0.211 e. The SMILES string of the molecule is CS(=O)(=O)N1CCN(Cc2ccc3c(c2)Cc2c(-c4csc(C#CCOCC5CC5)c4)n[nH]c2-3)CC1. The molecule has 2 aliphatic carbocycles. The van der Waals surface area contributed by atoms with E-state index in [4.69, 9.17) is 4.74 Å². The summed E-state index contributed by atoms with van der Waals surface area (Å²) in [6.45, 7) is 4.80. The highest BCUT2D eigenvalue weighted by atomic mass is 32.2. The molecule has 188 valence electrons. The van der Waals surface area contributed by atoms with Crippen molar-refractivity contribution in [1.82, 2.24) is 19.4 Å². The number of hydrogen-bond acceptors (Lipinski definition) is 6. The lowest BCUT2D eigenvalue weighted by molar-refractivity contribution is 0.156. The van der Waals surface area contributed by atoms with E-state index in [0.29, 0.717) is 19.7 Å². The van der Waals surface area contributed by atoms with Crippen LogP contribution in [-0.4, -0.2) is 73.5 Å². The summed E-state index contributed by atoms with van der Waals surface area (Å²) in [6, 6.07) is 8.79. The van der Waals surface area contributed by atoms with Crippen molar-refractivity contribution in [2.24, 2.45) is 5.92 Å². The van der Waals surface area contributed by atoms with Crippen LogP contribution >= 0.6 is 11.3 Å². The van der Waals surface area contributed by atoms with Crippen LogP contribution in [0, 0.1) is 17.8 Å². The molecular formula is C27H30N4O3S2. The molecule has 2 fully saturated rings. The molecule has 1 aromatic carbocycles. The first kappa shape index (κ1) is 23.9. The molecular weight excluding hydrogens is 492 g/mol. The standard InChI is InChI=1S/C27H30N4O3S2/c1-36(32,33)31-10-8-30(9-11-31)16-20-6-7-24-21(13-20)15-25-26(28-29-27(24)25)22-14-23(35-18-22)3-2-12-34-17-19-4-5-19/h6-7,13-14,18-19H,4-5,8-12,15-17H2,1H3,(H,28,29). The van der Waals surface area contributed by atoms with Crippen molar-refractivity contribution < 1.29 is 13.2 Å². The predicted molar refractivity (Wildman–Crippen MR) is 142 cm³/mol. The summed E-state index contributed by atoms with van der Waals surface area (Å²) in [5.41, 5.74) is 8.27. The minimum absolute atomic E-state index is 0.493. The molecule has 0 amide bonds. The minimum atomic E-state index is -3.10. The Morgan fingerprint density at radius 1 is 1.19 bits per heavy atom. The number of fused-ring (bicyclic) bond motifs is 3. The molecule has 0 radical (unpaired) electrons. The van der Waals surface area contributed by atoms with Gasteiger partial charge < -0.3 is 4.74 Å². The molecule has 3 aromatic rings. The van der Waals surface area contributed by atoms with Gasteiger partial charge in [0.25, 0.3) is 0 Å². The number of benzene rings is 1. The number of rotatable bonds is 7. The van der Waals surface area contributed by atoms with Gasteiger partial charge in [-0.1, -0.05) is 30.0 Å². The first-order valence-electron chi connectivity index (χ1n) is 12.5. The summed E-state index contributed by atoms with van der Waals surface area (Å²) in [5, 5.41) is 10.1. The molecule has 7 nitrogen and oxygen atoms in total. The lowest BCUT2D eigenvalue weighted by Crippen LogP contribution is -2.47. The van der Waals surface area contributed by atoms with Gasteiger partial charge in [-0.15, -0.1) is 11.3 Å². The van der Waals surface area contributed by atoms with Crippen molar-refractivity contribution >= 4 is 21.4 Å². The van der Waals surface area contributed by atoms with Gasteiger partial charge in [0.1, 0.15) is 6.61 Å². The number of aromatic amines is 1.